The van der Waals surface area contributed by atoms with Gasteiger partial charge in [0.15, 0.2) is 16.6 Å². The van der Waals surface area contributed by atoms with Gasteiger partial charge >= 0.3 is 0 Å². The number of nitrogens with zero attached hydrogens (tertiary/aromatic N) is 4. The molecule has 0 unspecified atom stereocenters. The average molecular weight is 253 g/mol. The normalized spacial score (nSPS) is 10.1. The third kappa shape index (κ3) is 2.12. The summed E-state index contributed by atoms with van der Waals surface area (Å²) in [6, 6.07) is 0. The molecule has 0 aromatic carbocycles. The molecule has 0 aliphatic heterocycles. The molecule has 0 aliphatic carbocycles. The largest absolute Gasteiger partial charge is 0.491 e. The first-order valence-electron chi connectivity index (χ1n) is 4.67. The summed E-state index contributed by atoms with van der Waals surface area (Å²) in [4.78, 5) is 16.1. The van der Waals surface area contributed by atoms with E-state index < -0.39 is 0 Å². The summed E-state index contributed by atoms with van der Waals surface area (Å²) in [5, 5.41) is 0.213. The van der Waals surface area contributed by atoms with Crippen LogP contribution in [0.3, 0.4) is 0 Å². The third-order valence-electron chi connectivity index (χ3n) is 2.05. The fourth-order valence-electron chi connectivity index (χ4n) is 1.34. The molecule has 0 aliphatic rings. The third-order valence-corrected chi connectivity index (χ3v) is 2.32. The molecule has 0 saturated carbocycles. The van der Waals surface area contributed by atoms with Gasteiger partial charge in [-0.15, -0.1) is 0 Å². The Hall–Kier alpha value is -1.95. The van der Waals surface area contributed by atoms with E-state index in [0.29, 0.717) is 23.0 Å². The Kier molecular flexibility index (Phi) is 3.34. The van der Waals surface area contributed by atoms with Crippen molar-refractivity contribution in [2.75, 3.05) is 14.2 Å². The second-order valence-corrected chi connectivity index (χ2v) is 3.32. The van der Waals surface area contributed by atoms with Crippen molar-refractivity contribution in [2.24, 2.45) is 0 Å². The first-order valence-corrected chi connectivity index (χ1v) is 5.05. The maximum absolute atomic E-state index is 5.91. The molecule has 0 N–H and O–H groups in total. The molecular formula is C10H9ClN4O2. The zero-order chi connectivity index (χ0) is 12.3. The van der Waals surface area contributed by atoms with Crippen LogP contribution in [0.5, 0.6) is 11.6 Å². The molecule has 7 heteroatoms. The van der Waals surface area contributed by atoms with Crippen LogP contribution >= 0.6 is 11.6 Å². The molecule has 0 spiro atoms. The van der Waals surface area contributed by atoms with Gasteiger partial charge < -0.3 is 9.47 Å². The lowest BCUT2D eigenvalue weighted by atomic mass is 10.3. The summed E-state index contributed by atoms with van der Waals surface area (Å²) < 4.78 is 10.3. The fourth-order valence-corrected chi connectivity index (χ4v) is 1.55. The lowest BCUT2D eigenvalue weighted by Gasteiger charge is -2.09. The van der Waals surface area contributed by atoms with Gasteiger partial charge in [0.2, 0.25) is 5.88 Å². The molecule has 88 valence electrons. The Labute approximate surface area is 103 Å². The van der Waals surface area contributed by atoms with Crippen LogP contribution in [-0.4, -0.2) is 34.2 Å². The quantitative estimate of drug-likeness (QED) is 0.773. The van der Waals surface area contributed by atoms with Crippen molar-refractivity contribution in [1.82, 2.24) is 19.9 Å². The van der Waals surface area contributed by atoms with Gasteiger partial charge in [-0.25, -0.2) is 19.9 Å². The zero-order valence-corrected chi connectivity index (χ0v) is 9.97. The highest BCUT2D eigenvalue weighted by Crippen LogP contribution is 2.34. The van der Waals surface area contributed by atoms with Gasteiger partial charge in [0.1, 0.15) is 12.0 Å². The summed E-state index contributed by atoms with van der Waals surface area (Å²) in [6.45, 7) is 0. The van der Waals surface area contributed by atoms with E-state index in [1.54, 1.807) is 0 Å². The predicted molar refractivity (Wildman–Crippen MR) is 61.2 cm³/mol. The minimum atomic E-state index is 0.213. The molecule has 0 fully saturated rings. The number of ether oxygens (including phenoxy) is 2. The van der Waals surface area contributed by atoms with Crippen molar-refractivity contribution < 1.29 is 9.47 Å². The van der Waals surface area contributed by atoms with Gasteiger partial charge in [-0.05, 0) is 0 Å². The molecule has 0 bridgehead atoms. The predicted octanol–water partition coefficient (Wildman–Crippen LogP) is 1.60. The average Bonchev–Trinajstić information content (AvgIpc) is 2.38. The molecular weight excluding hydrogens is 244 g/mol. The molecule has 0 saturated heterocycles. The molecule has 0 amide bonds. The summed E-state index contributed by atoms with van der Waals surface area (Å²) >= 11 is 5.91. The Morgan fingerprint density at radius 3 is 2.41 bits per heavy atom. The van der Waals surface area contributed by atoms with E-state index in [4.69, 9.17) is 21.1 Å². The standard InChI is InChI=1S/C10H9ClN4O2/c1-16-8-6(14-5-15-9(8)11)7-10(17-2)13-4-3-12-7/h3-5H,1-2H3. The zero-order valence-electron chi connectivity index (χ0n) is 9.22. The van der Waals surface area contributed by atoms with E-state index in [0.717, 1.165) is 0 Å². The second-order valence-electron chi connectivity index (χ2n) is 2.96. The van der Waals surface area contributed by atoms with Gasteiger partial charge in [-0.3, -0.25) is 0 Å². The molecule has 0 atom stereocenters. The van der Waals surface area contributed by atoms with Gasteiger partial charge in [-0.1, -0.05) is 11.6 Å². The first kappa shape index (κ1) is 11.5. The molecule has 6 nitrogen and oxygen atoms in total. The van der Waals surface area contributed by atoms with Crippen molar-refractivity contribution in [1.29, 1.82) is 0 Å². The molecule has 17 heavy (non-hydrogen) atoms. The van der Waals surface area contributed by atoms with Crippen molar-refractivity contribution in [3.05, 3.63) is 23.9 Å². The van der Waals surface area contributed by atoms with Crippen LogP contribution in [0.1, 0.15) is 0 Å². The van der Waals surface area contributed by atoms with E-state index >= 15 is 0 Å². The van der Waals surface area contributed by atoms with Crippen LogP contribution in [0.2, 0.25) is 5.15 Å². The maximum atomic E-state index is 5.91. The lowest BCUT2D eigenvalue weighted by molar-refractivity contribution is 0.394. The Morgan fingerprint density at radius 2 is 1.71 bits per heavy atom. The number of hydrogen-bond acceptors (Lipinski definition) is 6. The molecule has 2 heterocycles. The summed E-state index contributed by atoms with van der Waals surface area (Å²) in [6.07, 6.45) is 4.39. The van der Waals surface area contributed by atoms with Crippen LogP contribution in [0.4, 0.5) is 0 Å². The highest BCUT2D eigenvalue weighted by molar-refractivity contribution is 6.31. The second kappa shape index (κ2) is 4.92. The van der Waals surface area contributed by atoms with Crippen LogP contribution in [-0.2, 0) is 0 Å². The van der Waals surface area contributed by atoms with Gasteiger partial charge in [0.25, 0.3) is 0 Å². The van der Waals surface area contributed by atoms with Crippen LogP contribution in [0, 0.1) is 0 Å². The van der Waals surface area contributed by atoms with E-state index in [9.17, 15) is 0 Å². The first-order chi connectivity index (χ1) is 8.27. The molecule has 2 aromatic rings. The Morgan fingerprint density at radius 1 is 0.941 bits per heavy atom. The monoisotopic (exact) mass is 252 g/mol. The summed E-state index contributed by atoms with van der Waals surface area (Å²) in [7, 11) is 2.99. The number of hydrogen-bond donors (Lipinski definition) is 0. The van der Waals surface area contributed by atoms with Crippen molar-refractivity contribution in [2.45, 2.75) is 0 Å². The molecule has 0 radical (unpaired) electrons. The highest BCUT2D eigenvalue weighted by atomic mass is 35.5. The van der Waals surface area contributed by atoms with Crippen LogP contribution in [0.25, 0.3) is 11.4 Å². The van der Waals surface area contributed by atoms with Gasteiger partial charge in [-0.2, -0.15) is 0 Å². The number of halogens is 1. The van der Waals surface area contributed by atoms with E-state index in [1.807, 2.05) is 0 Å². The van der Waals surface area contributed by atoms with Gasteiger partial charge in [0.05, 0.1) is 14.2 Å². The minimum Gasteiger partial charge on any atom is -0.491 e. The smallest absolute Gasteiger partial charge is 0.242 e. The summed E-state index contributed by atoms with van der Waals surface area (Å²) in [5.74, 6) is 0.688. The number of rotatable bonds is 3. The SMILES string of the molecule is COc1nccnc1-c1ncnc(Cl)c1OC. The maximum Gasteiger partial charge on any atom is 0.242 e. The fraction of sp³-hybridized carbons (Fsp3) is 0.200. The molecule has 2 rings (SSSR count). The Bertz CT molecular complexity index is 535. The van der Waals surface area contributed by atoms with Crippen molar-refractivity contribution in [3.63, 3.8) is 0 Å². The topological polar surface area (TPSA) is 70.0 Å². The van der Waals surface area contributed by atoms with Crippen LogP contribution in [0.15, 0.2) is 18.7 Å². The number of aromatic nitrogens is 4. The summed E-state index contributed by atoms with van der Waals surface area (Å²) in [5.41, 5.74) is 0.897. The van der Waals surface area contributed by atoms with E-state index in [2.05, 4.69) is 19.9 Å². The lowest BCUT2D eigenvalue weighted by Crippen LogP contribution is -1.99. The van der Waals surface area contributed by atoms with Crippen molar-refractivity contribution >= 4 is 11.6 Å². The van der Waals surface area contributed by atoms with E-state index in [1.165, 1.54) is 32.9 Å². The van der Waals surface area contributed by atoms with Crippen LogP contribution < -0.4 is 9.47 Å². The molecule has 2 aromatic heterocycles. The number of methoxy groups -OCH3 is 2. The van der Waals surface area contributed by atoms with E-state index in [-0.39, 0.29) is 5.15 Å². The van der Waals surface area contributed by atoms with Gasteiger partial charge in [0, 0.05) is 12.4 Å². The highest BCUT2D eigenvalue weighted by Gasteiger charge is 2.17. The minimum absolute atomic E-state index is 0.213. The van der Waals surface area contributed by atoms with Crippen molar-refractivity contribution in [3.8, 4) is 23.0 Å². The Balaban J connectivity index is 2.64.